The van der Waals surface area contributed by atoms with Gasteiger partial charge in [0.15, 0.2) is 0 Å². The Balaban J connectivity index is 1.75. The van der Waals surface area contributed by atoms with E-state index in [0.717, 1.165) is 44.8 Å². The lowest BCUT2D eigenvalue weighted by atomic mass is 10.2. The Morgan fingerprint density at radius 2 is 1.53 bits per heavy atom. The van der Waals surface area contributed by atoms with E-state index in [1.807, 2.05) is 18.4 Å². The van der Waals surface area contributed by atoms with Gasteiger partial charge < -0.3 is 41.8 Å². The lowest BCUT2D eigenvalue weighted by molar-refractivity contribution is -0.122. The third-order valence-electron chi connectivity index (χ3n) is 4.90. The first-order chi connectivity index (χ1) is 17.7. The molecule has 1 rings (SSSR count). The van der Waals surface area contributed by atoms with Gasteiger partial charge in [0.05, 0.1) is 26.4 Å². The number of allylic oxidation sites excluding steroid dienone is 2. The highest BCUT2D eigenvalue weighted by molar-refractivity contribution is 8.77. The van der Waals surface area contributed by atoms with Crippen LogP contribution in [0.3, 0.4) is 0 Å². The molecule has 0 aromatic carbocycles. The van der Waals surface area contributed by atoms with Gasteiger partial charge in [-0.3, -0.25) is 9.59 Å². The van der Waals surface area contributed by atoms with E-state index in [1.165, 1.54) is 6.42 Å². The number of nitrogens with two attached hydrogens (primary N) is 1. The minimum absolute atomic E-state index is 0.00808. The van der Waals surface area contributed by atoms with Crippen LogP contribution < -0.4 is 32.3 Å². The quantitative estimate of drug-likeness (QED) is 0.0717. The molecule has 0 aromatic heterocycles. The summed E-state index contributed by atoms with van der Waals surface area (Å²) in [5.41, 5.74) is 5.43. The smallest absolute Gasteiger partial charge is 0.222 e. The van der Waals surface area contributed by atoms with Crippen molar-refractivity contribution in [2.24, 2.45) is 5.73 Å². The highest BCUT2D eigenvalue weighted by atomic mass is 33.1. The molecule has 0 bridgehead atoms. The van der Waals surface area contributed by atoms with E-state index in [9.17, 15) is 9.59 Å². The number of carbonyl (C=O) groups excluding carboxylic acids is 2. The molecule has 7 N–H and O–H groups in total. The van der Waals surface area contributed by atoms with Crippen LogP contribution in [-0.4, -0.2) is 95.2 Å². The fourth-order valence-corrected chi connectivity index (χ4v) is 5.13. The second-order valence-corrected chi connectivity index (χ2v) is 10.7. The van der Waals surface area contributed by atoms with Gasteiger partial charge in [-0.2, -0.15) is 0 Å². The summed E-state index contributed by atoms with van der Waals surface area (Å²) in [6.07, 6.45) is 12.3. The molecular weight excluding hydrogens is 500 g/mol. The van der Waals surface area contributed by atoms with E-state index in [0.29, 0.717) is 58.9 Å². The lowest BCUT2D eigenvalue weighted by Gasteiger charge is -2.13. The fraction of sp³-hybridized carbons (Fsp3) is 0.750. The van der Waals surface area contributed by atoms with Crippen molar-refractivity contribution < 1.29 is 19.1 Å². The van der Waals surface area contributed by atoms with Crippen LogP contribution in [0.4, 0.5) is 0 Å². The van der Waals surface area contributed by atoms with Crippen LogP contribution in [0.15, 0.2) is 24.4 Å². The van der Waals surface area contributed by atoms with Crippen molar-refractivity contribution in [1.29, 1.82) is 0 Å². The number of unbranched alkanes of at least 4 members (excludes halogenated alkanes) is 2. The molecule has 0 spiro atoms. The Kier molecular flexibility index (Phi) is 23.1. The Morgan fingerprint density at radius 3 is 2.28 bits per heavy atom. The topological polar surface area (TPSA) is 139 Å². The molecule has 0 aromatic rings. The van der Waals surface area contributed by atoms with Crippen LogP contribution in [0.2, 0.25) is 0 Å². The maximum atomic E-state index is 11.8. The van der Waals surface area contributed by atoms with Crippen molar-refractivity contribution in [2.75, 3.05) is 78.0 Å². The highest BCUT2D eigenvalue weighted by Crippen LogP contribution is 2.27. The Morgan fingerprint density at radius 1 is 0.806 bits per heavy atom. The maximum absolute atomic E-state index is 11.8. The van der Waals surface area contributed by atoms with E-state index in [1.54, 1.807) is 21.6 Å². The molecule has 208 valence electrons. The number of nitrogens with one attached hydrogen (secondary N) is 5. The van der Waals surface area contributed by atoms with Gasteiger partial charge in [-0.25, -0.2) is 0 Å². The molecule has 0 saturated heterocycles. The number of hydrogen-bond donors (Lipinski definition) is 6. The summed E-state index contributed by atoms with van der Waals surface area (Å²) in [5.74, 6) is 0.786. The Hall–Kier alpha value is -1.28. The second-order valence-electron chi connectivity index (χ2n) is 8.02. The van der Waals surface area contributed by atoms with Crippen LogP contribution in [0.25, 0.3) is 0 Å². The minimum atomic E-state index is -0.00808. The first-order valence-electron chi connectivity index (χ1n) is 12.9. The van der Waals surface area contributed by atoms with Gasteiger partial charge in [-0.05, 0) is 38.2 Å². The van der Waals surface area contributed by atoms with Gasteiger partial charge >= 0.3 is 0 Å². The Labute approximate surface area is 224 Å². The predicted molar refractivity (Wildman–Crippen MR) is 151 cm³/mol. The summed E-state index contributed by atoms with van der Waals surface area (Å²) in [6, 6.07) is 0. The van der Waals surface area contributed by atoms with Crippen molar-refractivity contribution >= 4 is 33.4 Å². The molecule has 1 unspecified atom stereocenters. The van der Waals surface area contributed by atoms with Crippen LogP contribution in [0.1, 0.15) is 32.1 Å². The summed E-state index contributed by atoms with van der Waals surface area (Å²) in [5, 5.41) is 15.8. The van der Waals surface area contributed by atoms with E-state index in [4.69, 9.17) is 15.2 Å². The zero-order valence-corrected chi connectivity index (χ0v) is 23.1. The minimum Gasteiger partial charge on any atom is -0.379 e. The molecule has 2 amide bonds. The van der Waals surface area contributed by atoms with Gasteiger partial charge in [0.2, 0.25) is 11.8 Å². The molecule has 0 saturated carbocycles. The first-order valence-corrected chi connectivity index (χ1v) is 15.3. The number of rotatable bonds is 25. The van der Waals surface area contributed by atoms with Gasteiger partial charge in [-0.1, -0.05) is 40.2 Å². The third-order valence-corrected chi connectivity index (χ3v) is 7.44. The standard InChI is InChI=1S/C24H46N6O4S2/c25-9-13-26-10-3-1-4-11-27-14-15-28-22(31)7-17-33-19-20-34-18-16-29-23(32)8-21-35-36-24-6-2-5-12-30-24/h2,5-6,12,24,26-27,30H,1,3-4,7-11,13-21,25H2,(H,28,31)(H,29,32). The fourth-order valence-electron chi connectivity index (χ4n) is 2.99. The van der Waals surface area contributed by atoms with Crippen molar-refractivity contribution in [3.63, 3.8) is 0 Å². The molecule has 0 aliphatic carbocycles. The number of hydrogen-bond acceptors (Lipinski definition) is 10. The molecule has 1 atom stereocenters. The molecule has 12 heteroatoms. The summed E-state index contributed by atoms with van der Waals surface area (Å²) in [6.45, 7) is 7.11. The van der Waals surface area contributed by atoms with Gasteiger partial charge in [0, 0.05) is 51.3 Å². The third kappa shape index (κ3) is 22.0. The Bertz CT molecular complexity index is 613. The molecule has 10 nitrogen and oxygen atoms in total. The van der Waals surface area contributed by atoms with Crippen molar-refractivity contribution in [2.45, 2.75) is 37.5 Å². The zero-order chi connectivity index (χ0) is 25.9. The molecular formula is C24H46N6O4S2. The molecule has 0 fully saturated rings. The van der Waals surface area contributed by atoms with Crippen LogP contribution >= 0.6 is 21.6 Å². The maximum Gasteiger partial charge on any atom is 0.222 e. The van der Waals surface area contributed by atoms with Gasteiger partial charge in [0.1, 0.15) is 5.37 Å². The largest absolute Gasteiger partial charge is 0.379 e. The summed E-state index contributed by atoms with van der Waals surface area (Å²) < 4.78 is 10.9. The second kappa shape index (κ2) is 25.4. The number of carbonyl (C=O) groups is 2. The summed E-state index contributed by atoms with van der Waals surface area (Å²) in [4.78, 5) is 23.6. The molecule has 1 aliphatic rings. The van der Waals surface area contributed by atoms with E-state index >= 15 is 0 Å². The van der Waals surface area contributed by atoms with E-state index in [2.05, 4.69) is 32.7 Å². The summed E-state index contributed by atoms with van der Waals surface area (Å²) >= 11 is 0. The monoisotopic (exact) mass is 546 g/mol. The number of ether oxygens (including phenoxy) is 2. The first kappa shape index (κ1) is 32.7. The van der Waals surface area contributed by atoms with Crippen LogP contribution in [0.5, 0.6) is 0 Å². The number of dihydropyridines is 1. The average molecular weight is 547 g/mol. The summed E-state index contributed by atoms with van der Waals surface area (Å²) in [7, 11) is 3.39. The lowest BCUT2D eigenvalue weighted by Crippen LogP contribution is -2.32. The van der Waals surface area contributed by atoms with Crippen molar-refractivity contribution in [3.8, 4) is 0 Å². The van der Waals surface area contributed by atoms with E-state index < -0.39 is 0 Å². The van der Waals surface area contributed by atoms with Crippen molar-refractivity contribution in [1.82, 2.24) is 26.6 Å². The highest BCUT2D eigenvalue weighted by Gasteiger charge is 2.06. The van der Waals surface area contributed by atoms with Gasteiger partial charge in [0.25, 0.3) is 0 Å². The zero-order valence-electron chi connectivity index (χ0n) is 21.4. The average Bonchev–Trinajstić information content (AvgIpc) is 2.89. The molecule has 1 aliphatic heterocycles. The molecule has 36 heavy (non-hydrogen) atoms. The SMILES string of the molecule is NCCNCCCCCNCCNC(=O)CCOCCOCCNC(=O)CCSSC1C=CC=CN1. The van der Waals surface area contributed by atoms with E-state index in [-0.39, 0.29) is 17.2 Å². The normalized spacial score (nSPS) is 14.5. The molecule has 1 heterocycles. The van der Waals surface area contributed by atoms with Crippen molar-refractivity contribution in [3.05, 3.63) is 24.4 Å². The number of amides is 2. The van der Waals surface area contributed by atoms with Crippen LogP contribution in [-0.2, 0) is 19.1 Å². The molecule has 0 radical (unpaired) electrons. The van der Waals surface area contributed by atoms with Gasteiger partial charge in [-0.15, -0.1) is 0 Å². The predicted octanol–water partition coefficient (Wildman–Crippen LogP) is 0.721. The van der Waals surface area contributed by atoms with Crippen LogP contribution in [0, 0.1) is 0 Å².